The smallest absolute Gasteiger partial charge is 0.410 e. The van der Waals surface area contributed by atoms with Crippen molar-refractivity contribution in [2.75, 3.05) is 13.6 Å². The van der Waals surface area contributed by atoms with E-state index in [1.54, 1.807) is 38.8 Å². The van der Waals surface area contributed by atoms with E-state index in [-0.39, 0.29) is 5.91 Å². The van der Waals surface area contributed by atoms with Crippen LogP contribution < -0.4 is 5.32 Å². The number of nitrogens with zero attached hydrogens (tertiary/aromatic N) is 3. The van der Waals surface area contributed by atoms with Crippen LogP contribution in [-0.2, 0) is 30.3 Å². The molecule has 0 aliphatic carbocycles. The molecule has 11 heteroatoms. The molecule has 3 amide bonds. The van der Waals surface area contributed by atoms with Crippen molar-refractivity contribution in [3.05, 3.63) is 30.1 Å². The fourth-order valence-corrected chi connectivity index (χ4v) is 4.84. The zero-order chi connectivity index (χ0) is 30.0. The number of aromatic nitrogens is 2. The summed E-state index contributed by atoms with van der Waals surface area (Å²) in [6.45, 7) is 14.2. The molecule has 2 N–H and O–H groups in total. The maximum Gasteiger partial charge on any atom is 0.410 e. The molecule has 1 aliphatic heterocycles. The van der Waals surface area contributed by atoms with Crippen molar-refractivity contribution < 1.29 is 28.7 Å². The van der Waals surface area contributed by atoms with Gasteiger partial charge in [-0.1, -0.05) is 20.8 Å². The number of likely N-dealkylation sites (tertiary alicyclic amines) is 1. The topological polar surface area (TPSA) is 134 Å². The number of pyridine rings is 1. The average Bonchev–Trinajstić information content (AvgIpc) is 3.43. The Labute approximate surface area is 236 Å². The van der Waals surface area contributed by atoms with E-state index in [4.69, 9.17) is 9.47 Å². The standard InChI is InChI=1S/C29H43N5O6/c1-17(33(9)27(38)40-29(6,7)8)25(36)32-23(28(3,4)5)26(37)34-14-12-22(39-18(2)35)21(34)15-19-16-31-24-20(19)11-10-13-30-24/h10-11,13,16-17,21-23H,12,14-15H2,1-9H3,(H,30,31)(H,32,36)/t17-,21+,22-,23+/m0/s1. The van der Waals surface area contributed by atoms with Crippen LogP contribution >= 0.6 is 0 Å². The molecular weight excluding hydrogens is 514 g/mol. The van der Waals surface area contributed by atoms with Gasteiger partial charge in [0.2, 0.25) is 11.8 Å². The zero-order valence-electron chi connectivity index (χ0n) is 25.0. The van der Waals surface area contributed by atoms with Gasteiger partial charge < -0.3 is 24.7 Å². The lowest BCUT2D eigenvalue weighted by Gasteiger charge is -2.37. The van der Waals surface area contributed by atoms with E-state index >= 15 is 0 Å². The minimum Gasteiger partial charge on any atom is -0.460 e. The van der Waals surface area contributed by atoms with Gasteiger partial charge in [-0.2, -0.15) is 0 Å². The first-order chi connectivity index (χ1) is 18.5. The van der Waals surface area contributed by atoms with E-state index in [1.165, 1.54) is 18.9 Å². The van der Waals surface area contributed by atoms with E-state index in [0.29, 0.717) is 19.4 Å². The van der Waals surface area contributed by atoms with Crippen LogP contribution in [0.4, 0.5) is 4.79 Å². The van der Waals surface area contributed by atoms with Crippen molar-refractivity contribution in [3.8, 4) is 0 Å². The third kappa shape index (κ3) is 7.31. The van der Waals surface area contributed by atoms with E-state index in [1.807, 2.05) is 39.1 Å². The number of carbonyl (C=O) groups excluding carboxylic acids is 4. The van der Waals surface area contributed by atoms with Crippen molar-refractivity contribution in [2.45, 2.75) is 98.1 Å². The fraction of sp³-hybridized carbons (Fsp3) is 0.621. The SMILES string of the molecule is CC(=O)O[C@H]1CCN(C(=O)[C@@H](NC(=O)[C@H](C)N(C)C(=O)OC(C)(C)C)C(C)(C)C)[C@@H]1Cc1c[nH]c2ncccc12. The van der Waals surface area contributed by atoms with Crippen LogP contribution in [0.1, 0.15) is 67.4 Å². The summed E-state index contributed by atoms with van der Waals surface area (Å²) in [5, 5.41) is 3.83. The molecule has 0 spiro atoms. The van der Waals surface area contributed by atoms with Crippen LogP contribution in [0.2, 0.25) is 0 Å². The highest BCUT2D eigenvalue weighted by molar-refractivity contribution is 5.92. The second kappa shape index (κ2) is 11.9. The van der Waals surface area contributed by atoms with Gasteiger partial charge in [-0.3, -0.25) is 19.3 Å². The molecule has 1 saturated heterocycles. The van der Waals surface area contributed by atoms with Crippen LogP contribution in [0.25, 0.3) is 11.0 Å². The van der Waals surface area contributed by atoms with Gasteiger partial charge in [0.15, 0.2) is 0 Å². The number of aromatic amines is 1. The number of carbonyl (C=O) groups is 4. The zero-order valence-corrected chi connectivity index (χ0v) is 25.0. The number of esters is 1. The molecule has 0 aromatic carbocycles. The normalized spacial score (nSPS) is 19.2. The highest BCUT2D eigenvalue weighted by Crippen LogP contribution is 2.31. The van der Waals surface area contributed by atoms with Gasteiger partial charge in [-0.15, -0.1) is 0 Å². The highest BCUT2D eigenvalue weighted by atomic mass is 16.6. The lowest BCUT2D eigenvalue weighted by atomic mass is 9.85. The van der Waals surface area contributed by atoms with Crippen molar-refractivity contribution >= 4 is 34.9 Å². The van der Waals surface area contributed by atoms with Crippen LogP contribution in [0, 0.1) is 5.41 Å². The van der Waals surface area contributed by atoms with Crippen LogP contribution in [0.3, 0.4) is 0 Å². The number of hydrogen-bond donors (Lipinski definition) is 2. The van der Waals surface area contributed by atoms with Gasteiger partial charge in [-0.05, 0) is 57.2 Å². The number of ether oxygens (including phenoxy) is 2. The molecule has 0 saturated carbocycles. The van der Waals surface area contributed by atoms with Gasteiger partial charge in [-0.25, -0.2) is 9.78 Å². The Balaban J connectivity index is 1.85. The Bertz CT molecular complexity index is 1240. The Morgan fingerprint density at radius 3 is 2.48 bits per heavy atom. The van der Waals surface area contributed by atoms with E-state index in [0.717, 1.165) is 16.6 Å². The molecule has 1 aliphatic rings. The Morgan fingerprint density at radius 2 is 1.88 bits per heavy atom. The van der Waals surface area contributed by atoms with Gasteiger partial charge >= 0.3 is 12.1 Å². The minimum atomic E-state index is -0.891. The first kappa shape index (κ1) is 30.9. The monoisotopic (exact) mass is 557 g/mol. The van der Waals surface area contributed by atoms with E-state index < -0.39 is 53.2 Å². The molecule has 0 bridgehead atoms. The number of nitrogens with one attached hydrogen (secondary N) is 2. The number of H-pyrrole nitrogens is 1. The maximum absolute atomic E-state index is 14.1. The van der Waals surface area contributed by atoms with Crippen molar-refractivity contribution in [1.82, 2.24) is 25.1 Å². The summed E-state index contributed by atoms with van der Waals surface area (Å²) < 4.78 is 11.0. The lowest BCUT2D eigenvalue weighted by Crippen LogP contribution is -2.59. The molecule has 4 atom stereocenters. The largest absolute Gasteiger partial charge is 0.460 e. The third-order valence-corrected chi connectivity index (χ3v) is 7.09. The summed E-state index contributed by atoms with van der Waals surface area (Å²) >= 11 is 0. The second-order valence-electron chi connectivity index (χ2n) is 12.5. The van der Waals surface area contributed by atoms with Gasteiger partial charge in [0.25, 0.3) is 0 Å². The number of likely N-dealkylation sites (N-methyl/N-ethyl adjacent to an activating group) is 1. The summed E-state index contributed by atoms with van der Waals surface area (Å²) in [5.41, 5.74) is 0.329. The summed E-state index contributed by atoms with van der Waals surface area (Å²) in [6, 6.07) is 1.60. The van der Waals surface area contributed by atoms with Crippen LogP contribution in [0.5, 0.6) is 0 Å². The van der Waals surface area contributed by atoms with E-state index in [2.05, 4.69) is 15.3 Å². The lowest BCUT2D eigenvalue weighted by molar-refractivity contribution is -0.150. The summed E-state index contributed by atoms with van der Waals surface area (Å²) in [5.74, 6) is -1.16. The molecule has 0 radical (unpaired) electrons. The first-order valence-corrected chi connectivity index (χ1v) is 13.6. The van der Waals surface area contributed by atoms with Crippen LogP contribution in [0.15, 0.2) is 24.5 Å². The predicted octanol–water partition coefficient (Wildman–Crippen LogP) is 3.42. The molecule has 1 fully saturated rings. The van der Waals surface area contributed by atoms with Crippen molar-refractivity contribution in [1.29, 1.82) is 0 Å². The molecule has 3 rings (SSSR count). The minimum absolute atomic E-state index is 0.273. The average molecular weight is 558 g/mol. The number of rotatable bonds is 7. The molecule has 3 heterocycles. The predicted molar refractivity (Wildman–Crippen MR) is 150 cm³/mol. The molecular formula is C29H43N5O6. The number of hydrogen-bond acceptors (Lipinski definition) is 7. The Hall–Kier alpha value is -3.63. The molecule has 220 valence electrons. The van der Waals surface area contributed by atoms with Gasteiger partial charge in [0, 0.05) is 44.7 Å². The van der Waals surface area contributed by atoms with Crippen LogP contribution in [-0.4, -0.2) is 87.1 Å². The Morgan fingerprint density at radius 1 is 1.20 bits per heavy atom. The maximum atomic E-state index is 14.1. The number of fused-ring (bicyclic) bond motifs is 1. The molecule has 2 aromatic heterocycles. The summed E-state index contributed by atoms with van der Waals surface area (Å²) in [6.07, 6.45) is 3.37. The van der Waals surface area contributed by atoms with Crippen molar-refractivity contribution in [3.63, 3.8) is 0 Å². The quantitative estimate of drug-likeness (QED) is 0.498. The highest BCUT2D eigenvalue weighted by Gasteiger charge is 2.45. The molecule has 11 nitrogen and oxygen atoms in total. The second-order valence-corrected chi connectivity index (χ2v) is 12.5. The molecule has 0 unspecified atom stereocenters. The third-order valence-electron chi connectivity index (χ3n) is 7.09. The fourth-order valence-electron chi connectivity index (χ4n) is 4.84. The summed E-state index contributed by atoms with van der Waals surface area (Å²) in [4.78, 5) is 62.3. The molecule has 2 aromatic rings. The van der Waals surface area contributed by atoms with Gasteiger partial charge in [0.1, 0.15) is 29.4 Å². The summed E-state index contributed by atoms with van der Waals surface area (Å²) in [7, 11) is 1.49. The Kier molecular flexibility index (Phi) is 9.16. The first-order valence-electron chi connectivity index (χ1n) is 13.6. The van der Waals surface area contributed by atoms with Gasteiger partial charge in [0.05, 0.1) is 6.04 Å². The van der Waals surface area contributed by atoms with E-state index in [9.17, 15) is 19.2 Å². The van der Waals surface area contributed by atoms with Crippen molar-refractivity contribution in [2.24, 2.45) is 5.41 Å². The number of amides is 3. The molecule has 40 heavy (non-hydrogen) atoms.